The molecule has 0 unspecified atom stereocenters. The first-order chi connectivity index (χ1) is 18.3. The van der Waals surface area contributed by atoms with Crippen LogP contribution < -0.4 is 5.56 Å². The fraction of sp³-hybridized carbons (Fsp3) is 0.290. The number of hydrogen-bond donors (Lipinski definition) is 1. The second kappa shape index (κ2) is 10.7. The van der Waals surface area contributed by atoms with Gasteiger partial charge in [0.15, 0.2) is 5.82 Å². The van der Waals surface area contributed by atoms with Crippen molar-refractivity contribution in [3.63, 3.8) is 0 Å². The molecule has 5 aromatic rings. The fourth-order valence-electron chi connectivity index (χ4n) is 4.98. The Morgan fingerprint density at radius 2 is 1.61 bits per heavy atom. The van der Waals surface area contributed by atoms with Crippen LogP contribution in [0.4, 0.5) is 0 Å². The van der Waals surface area contributed by atoms with Gasteiger partial charge in [0, 0.05) is 18.7 Å². The Labute approximate surface area is 223 Å². The number of benzene rings is 3. The molecule has 0 amide bonds. The molecule has 1 atom stereocenters. The van der Waals surface area contributed by atoms with Gasteiger partial charge < -0.3 is 4.98 Å². The van der Waals surface area contributed by atoms with Crippen LogP contribution in [0.3, 0.4) is 0 Å². The minimum atomic E-state index is -0.457. The van der Waals surface area contributed by atoms with Gasteiger partial charge in [-0.25, -0.2) is 4.68 Å². The van der Waals surface area contributed by atoms with Crippen LogP contribution in [0.15, 0.2) is 89.7 Å². The minimum Gasteiger partial charge on any atom is -0.321 e. The highest BCUT2D eigenvalue weighted by atomic mass is 16.1. The molecule has 0 aliphatic carbocycles. The van der Waals surface area contributed by atoms with Gasteiger partial charge in [0.1, 0.15) is 6.04 Å². The second-order valence-electron chi connectivity index (χ2n) is 10.8. The van der Waals surface area contributed by atoms with Crippen molar-refractivity contribution < 1.29 is 0 Å². The van der Waals surface area contributed by atoms with Gasteiger partial charge in [-0.15, -0.1) is 5.10 Å². The molecule has 0 spiro atoms. The van der Waals surface area contributed by atoms with Crippen LogP contribution in [-0.2, 0) is 18.5 Å². The number of nitrogens with zero attached hydrogens (tertiary/aromatic N) is 5. The Morgan fingerprint density at radius 3 is 2.29 bits per heavy atom. The Hall–Kier alpha value is -4.10. The molecule has 0 radical (unpaired) electrons. The van der Waals surface area contributed by atoms with Gasteiger partial charge in [0.25, 0.3) is 5.56 Å². The summed E-state index contributed by atoms with van der Waals surface area (Å²) in [5.74, 6) is 0.652. The summed E-state index contributed by atoms with van der Waals surface area (Å²) < 4.78 is 1.85. The zero-order valence-corrected chi connectivity index (χ0v) is 22.4. The number of hydrogen-bond acceptors (Lipinski definition) is 5. The number of H-pyrrole nitrogens is 1. The van der Waals surface area contributed by atoms with Gasteiger partial charge >= 0.3 is 0 Å². The van der Waals surface area contributed by atoms with Crippen LogP contribution in [0, 0.1) is 6.92 Å². The molecule has 5 rings (SSSR count). The average Bonchev–Trinajstić information content (AvgIpc) is 3.40. The predicted octanol–water partition coefficient (Wildman–Crippen LogP) is 5.41. The second-order valence-corrected chi connectivity index (χ2v) is 10.8. The Morgan fingerprint density at radius 1 is 0.921 bits per heavy atom. The van der Waals surface area contributed by atoms with E-state index in [1.165, 1.54) is 5.56 Å². The summed E-state index contributed by atoms with van der Waals surface area (Å²) in [5, 5.41) is 13.9. The van der Waals surface area contributed by atoms with E-state index in [1.54, 1.807) is 0 Å². The largest absolute Gasteiger partial charge is 0.321 e. The van der Waals surface area contributed by atoms with Gasteiger partial charge in [-0.2, -0.15) is 0 Å². The highest BCUT2D eigenvalue weighted by molar-refractivity contribution is 5.82. The minimum absolute atomic E-state index is 0.127. The average molecular weight is 507 g/mol. The van der Waals surface area contributed by atoms with Gasteiger partial charge in [0.05, 0.1) is 11.1 Å². The first-order valence-corrected chi connectivity index (χ1v) is 13.0. The summed E-state index contributed by atoms with van der Waals surface area (Å²) in [5.41, 5.74) is 4.43. The normalized spacial score (nSPS) is 12.8. The van der Waals surface area contributed by atoms with Crippen LogP contribution in [0.5, 0.6) is 0 Å². The lowest BCUT2D eigenvalue weighted by atomic mass is 9.99. The Bertz CT molecular complexity index is 1570. The maximum absolute atomic E-state index is 13.8. The zero-order chi connectivity index (χ0) is 26.7. The molecule has 0 aliphatic heterocycles. The van der Waals surface area contributed by atoms with Crippen molar-refractivity contribution in [3.05, 3.63) is 123 Å². The molecule has 0 aliphatic rings. The van der Waals surface area contributed by atoms with E-state index in [2.05, 4.69) is 82.6 Å². The van der Waals surface area contributed by atoms with Crippen molar-refractivity contribution in [2.45, 2.75) is 52.2 Å². The number of pyridine rings is 1. The van der Waals surface area contributed by atoms with Gasteiger partial charge in [-0.1, -0.05) is 78.9 Å². The molecule has 38 heavy (non-hydrogen) atoms. The fourth-order valence-corrected chi connectivity index (χ4v) is 4.98. The van der Waals surface area contributed by atoms with Crippen LogP contribution in [0.25, 0.3) is 10.9 Å². The lowest BCUT2D eigenvalue weighted by molar-refractivity contribution is 0.195. The third-order valence-corrected chi connectivity index (χ3v) is 6.91. The van der Waals surface area contributed by atoms with Crippen LogP contribution in [0.2, 0.25) is 0 Å². The number of rotatable bonds is 8. The SMILES string of the molecule is Cc1cccc2cc([C@H](c3nnnn3C(C)(C)C)N(CCc3ccccc3)Cc3ccccc3)c(=O)[nH]c12. The summed E-state index contributed by atoms with van der Waals surface area (Å²) in [6.45, 7) is 9.58. The summed E-state index contributed by atoms with van der Waals surface area (Å²) >= 11 is 0. The van der Waals surface area contributed by atoms with E-state index in [4.69, 9.17) is 0 Å². The van der Waals surface area contributed by atoms with Crippen molar-refractivity contribution in [1.82, 2.24) is 30.1 Å². The third kappa shape index (κ3) is 5.43. The standard InChI is InChI=1S/C31H34N6O/c1-22-12-11-17-25-20-26(30(38)32-27(22)25)28(29-33-34-35-37(29)31(2,3)4)36(21-24-15-9-6-10-16-24)19-18-23-13-7-5-8-14-23/h5-17,20,28H,18-19,21H2,1-4H3,(H,32,38)/t28-/m1/s1. The van der Waals surface area contributed by atoms with E-state index < -0.39 is 6.04 Å². The van der Waals surface area contributed by atoms with Crippen LogP contribution in [-0.4, -0.2) is 36.6 Å². The van der Waals surface area contributed by atoms with Crippen LogP contribution >= 0.6 is 0 Å². The molecule has 2 heterocycles. The summed E-state index contributed by atoms with van der Waals surface area (Å²) in [6.07, 6.45) is 0.825. The maximum Gasteiger partial charge on any atom is 0.253 e. The topological polar surface area (TPSA) is 79.7 Å². The van der Waals surface area contributed by atoms with Crippen molar-refractivity contribution in [1.29, 1.82) is 0 Å². The highest BCUT2D eigenvalue weighted by Gasteiger charge is 2.33. The lowest BCUT2D eigenvalue weighted by Crippen LogP contribution is -2.38. The quantitative estimate of drug-likeness (QED) is 0.304. The molecule has 0 saturated carbocycles. The molecule has 0 saturated heterocycles. The van der Waals surface area contributed by atoms with Gasteiger partial charge in [-0.3, -0.25) is 9.69 Å². The number of aromatic amines is 1. The van der Waals surface area contributed by atoms with Crippen molar-refractivity contribution in [2.75, 3.05) is 6.54 Å². The molecule has 7 heteroatoms. The third-order valence-electron chi connectivity index (χ3n) is 6.91. The smallest absolute Gasteiger partial charge is 0.253 e. The molecular formula is C31H34N6O. The van der Waals surface area contributed by atoms with Crippen molar-refractivity contribution >= 4 is 10.9 Å². The number of aromatic nitrogens is 5. The first kappa shape index (κ1) is 25.5. The van der Waals surface area contributed by atoms with Gasteiger partial charge in [-0.05, 0) is 72.7 Å². The number of tetrazole rings is 1. The van der Waals surface area contributed by atoms with Gasteiger partial charge in [0.2, 0.25) is 0 Å². The summed E-state index contributed by atoms with van der Waals surface area (Å²) in [6, 6.07) is 28.4. The number of nitrogens with one attached hydrogen (secondary N) is 1. The summed E-state index contributed by atoms with van der Waals surface area (Å²) in [7, 11) is 0. The van der Waals surface area contributed by atoms with E-state index in [1.807, 2.05) is 60.1 Å². The van der Waals surface area contributed by atoms with E-state index >= 15 is 0 Å². The zero-order valence-electron chi connectivity index (χ0n) is 22.4. The molecule has 194 valence electrons. The monoisotopic (exact) mass is 506 g/mol. The lowest BCUT2D eigenvalue weighted by Gasteiger charge is -2.33. The number of para-hydroxylation sites is 1. The molecule has 0 fully saturated rings. The van der Waals surface area contributed by atoms with Crippen LogP contribution in [0.1, 0.15) is 54.9 Å². The Kier molecular flexibility index (Phi) is 7.20. The van der Waals surface area contributed by atoms with E-state index in [9.17, 15) is 4.79 Å². The molecule has 1 N–H and O–H groups in total. The maximum atomic E-state index is 13.8. The van der Waals surface area contributed by atoms with Crippen molar-refractivity contribution in [2.24, 2.45) is 0 Å². The molecule has 0 bridgehead atoms. The molecule has 7 nitrogen and oxygen atoms in total. The van der Waals surface area contributed by atoms with E-state index in [0.717, 1.165) is 28.5 Å². The molecular weight excluding hydrogens is 472 g/mol. The first-order valence-electron chi connectivity index (χ1n) is 13.0. The molecule has 3 aromatic carbocycles. The molecule has 2 aromatic heterocycles. The van der Waals surface area contributed by atoms with E-state index in [-0.39, 0.29) is 11.1 Å². The van der Waals surface area contributed by atoms with E-state index in [0.29, 0.717) is 24.5 Å². The predicted molar refractivity (Wildman–Crippen MR) is 151 cm³/mol. The van der Waals surface area contributed by atoms with Crippen molar-refractivity contribution in [3.8, 4) is 0 Å². The Balaban J connectivity index is 1.68. The number of aryl methyl sites for hydroxylation is 1. The summed E-state index contributed by atoms with van der Waals surface area (Å²) in [4.78, 5) is 19.2. The number of fused-ring (bicyclic) bond motifs is 1. The highest BCUT2D eigenvalue weighted by Crippen LogP contribution is 2.31.